The van der Waals surface area contributed by atoms with Crippen molar-refractivity contribution in [3.8, 4) is 0 Å². The van der Waals surface area contributed by atoms with Crippen LogP contribution < -0.4 is 0 Å². The molecular formula is C13H15F3O2. The number of alkyl halides is 3. The van der Waals surface area contributed by atoms with E-state index in [2.05, 4.69) is 0 Å². The third-order valence-electron chi connectivity index (χ3n) is 1.99. The van der Waals surface area contributed by atoms with Gasteiger partial charge in [0.15, 0.2) is 0 Å². The predicted molar refractivity (Wildman–Crippen MR) is 61.4 cm³/mol. The van der Waals surface area contributed by atoms with Crippen LogP contribution in [-0.2, 0) is 11.2 Å². The molecule has 0 saturated carbocycles. The van der Waals surface area contributed by atoms with E-state index in [1.807, 2.05) is 0 Å². The molecule has 0 aliphatic rings. The Hall–Kier alpha value is -1.52. The number of ether oxygens (including phenoxy) is 1. The largest absolute Gasteiger partial charge is 0.456 e. The van der Waals surface area contributed by atoms with Crippen LogP contribution in [0.4, 0.5) is 13.2 Å². The van der Waals surface area contributed by atoms with Gasteiger partial charge < -0.3 is 4.74 Å². The highest BCUT2D eigenvalue weighted by Crippen LogP contribution is 2.21. The van der Waals surface area contributed by atoms with E-state index in [0.717, 1.165) is 0 Å². The highest BCUT2D eigenvalue weighted by Gasteiger charge is 2.27. The van der Waals surface area contributed by atoms with Gasteiger partial charge in [0.2, 0.25) is 0 Å². The molecule has 100 valence electrons. The lowest BCUT2D eigenvalue weighted by Crippen LogP contribution is -2.23. The number of carbonyl (C=O) groups is 1. The van der Waals surface area contributed by atoms with Gasteiger partial charge in [-0.1, -0.05) is 12.1 Å². The van der Waals surface area contributed by atoms with Crippen LogP contribution in [0.3, 0.4) is 0 Å². The highest BCUT2D eigenvalue weighted by molar-refractivity contribution is 5.89. The van der Waals surface area contributed by atoms with E-state index in [-0.39, 0.29) is 11.1 Å². The van der Waals surface area contributed by atoms with Crippen molar-refractivity contribution in [2.75, 3.05) is 0 Å². The van der Waals surface area contributed by atoms with Crippen molar-refractivity contribution in [2.24, 2.45) is 0 Å². The number of hydrogen-bond donors (Lipinski definition) is 0. The Kier molecular flexibility index (Phi) is 4.04. The van der Waals surface area contributed by atoms with Crippen molar-refractivity contribution in [2.45, 2.75) is 39.0 Å². The molecule has 0 amide bonds. The summed E-state index contributed by atoms with van der Waals surface area (Å²) >= 11 is 0. The number of esters is 1. The van der Waals surface area contributed by atoms with Gasteiger partial charge in [0.05, 0.1) is 12.0 Å². The first-order valence-corrected chi connectivity index (χ1v) is 5.46. The topological polar surface area (TPSA) is 26.3 Å². The maximum atomic E-state index is 12.1. The molecule has 0 fully saturated rings. The van der Waals surface area contributed by atoms with Crippen LogP contribution >= 0.6 is 0 Å². The van der Waals surface area contributed by atoms with Crippen molar-refractivity contribution >= 4 is 5.97 Å². The summed E-state index contributed by atoms with van der Waals surface area (Å²) in [6.07, 6.45) is -5.24. The van der Waals surface area contributed by atoms with Crippen LogP contribution in [0.1, 0.15) is 36.7 Å². The first kappa shape index (κ1) is 14.5. The Balaban J connectivity index is 2.74. The molecule has 0 bridgehead atoms. The summed E-state index contributed by atoms with van der Waals surface area (Å²) < 4.78 is 41.5. The second kappa shape index (κ2) is 5.00. The zero-order chi connectivity index (χ0) is 14.0. The van der Waals surface area contributed by atoms with E-state index in [1.165, 1.54) is 24.3 Å². The van der Waals surface area contributed by atoms with Crippen molar-refractivity contribution < 1.29 is 22.7 Å². The summed E-state index contributed by atoms with van der Waals surface area (Å²) in [4.78, 5) is 11.6. The third kappa shape index (κ3) is 5.21. The lowest BCUT2D eigenvalue weighted by molar-refractivity contribution is -0.127. The van der Waals surface area contributed by atoms with E-state index in [4.69, 9.17) is 4.74 Å². The van der Waals surface area contributed by atoms with Crippen LogP contribution in [0.2, 0.25) is 0 Å². The van der Waals surface area contributed by atoms with Gasteiger partial charge in [-0.2, -0.15) is 13.2 Å². The number of carbonyl (C=O) groups excluding carboxylic acids is 1. The van der Waals surface area contributed by atoms with Gasteiger partial charge in [-0.25, -0.2) is 4.79 Å². The summed E-state index contributed by atoms with van der Waals surface area (Å²) in [7, 11) is 0. The molecule has 0 aliphatic carbocycles. The summed E-state index contributed by atoms with van der Waals surface area (Å²) in [5.74, 6) is -0.541. The van der Waals surface area contributed by atoms with E-state index in [1.54, 1.807) is 20.8 Å². The molecule has 0 aliphatic heterocycles. The zero-order valence-electron chi connectivity index (χ0n) is 10.5. The second-order valence-electron chi connectivity index (χ2n) is 4.99. The fourth-order valence-electron chi connectivity index (χ4n) is 1.33. The molecule has 2 nitrogen and oxygen atoms in total. The molecule has 0 N–H and O–H groups in total. The van der Waals surface area contributed by atoms with Gasteiger partial charge in [0, 0.05) is 0 Å². The SMILES string of the molecule is CC(C)(C)OC(=O)c1ccc(CC(F)(F)F)cc1. The Morgan fingerprint density at radius 2 is 1.61 bits per heavy atom. The minimum atomic E-state index is -4.24. The lowest BCUT2D eigenvalue weighted by atomic mass is 10.1. The molecule has 0 spiro atoms. The number of hydrogen-bond acceptors (Lipinski definition) is 2. The van der Waals surface area contributed by atoms with Gasteiger partial charge in [0.1, 0.15) is 5.60 Å². The minimum absolute atomic E-state index is 0.120. The lowest BCUT2D eigenvalue weighted by Gasteiger charge is -2.19. The van der Waals surface area contributed by atoms with E-state index >= 15 is 0 Å². The third-order valence-corrected chi connectivity index (χ3v) is 1.99. The molecule has 0 radical (unpaired) electrons. The Labute approximate surface area is 104 Å². The number of halogens is 3. The summed E-state index contributed by atoms with van der Waals surface area (Å²) in [6.45, 7) is 5.18. The molecule has 0 atom stereocenters. The quantitative estimate of drug-likeness (QED) is 0.757. The van der Waals surface area contributed by atoms with Gasteiger partial charge in [-0.05, 0) is 38.5 Å². The van der Waals surface area contributed by atoms with Crippen molar-refractivity contribution in [3.05, 3.63) is 35.4 Å². The highest BCUT2D eigenvalue weighted by atomic mass is 19.4. The Morgan fingerprint density at radius 3 is 2.00 bits per heavy atom. The van der Waals surface area contributed by atoms with Crippen molar-refractivity contribution in [3.63, 3.8) is 0 Å². The average molecular weight is 260 g/mol. The van der Waals surface area contributed by atoms with Crippen LogP contribution in [0, 0.1) is 0 Å². The molecular weight excluding hydrogens is 245 g/mol. The molecule has 1 rings (SSSR count). The molecule has 1 aromatic rings. The van der Waals surface area contributed by atoms with Crippen molar-refractivity contribution in [1.29, 1.82) is 0 Å². The Morgan fingerprint density at radius 1 is 1.11 bits per heavy atom. The molecule has 0 saturated heterocycles. The smallest absolute Gasteiger partial charge is 0.393 e. The standard InChI is InChI=1S/C13H15F3O2/c1-12(2,3)18-11(17)10-6-4-9(5-7-10)8-13(14,15)16/h4-7H,8H2,1-3H3. The summed E-state index contributed by atoms with van der Waals surface area (Å²) in [5.41, 5.74) is -0.257. The molecule has 18 heavy (non-hydrogen) atoms. The fraction of sp³-hybridized carbons (Fsp3) is 0.462. The number of benzene rings is 1. The summed E-state index contributed by atoms with van der Waals surface area (Å²) in [5, 5.41) is 0. The normalized spacial score (nSPS) is 12.3. The van der Waals surface area contributed by atoms with Crippen LogP contribution in [-0.4, -0.2) is 17.7 Å². The molecule has 0 aromatic heterocycles. The first-order valence-electron chi connectivity index (χ1n) is 5.46. The first-order chi connectivity index (χ1) is 8.07. The van der Waals surface area contributed by atoms with E-state index in [0.29, 0.717) is 0 Å². The van der Waals surface area contributed by atoms with E-state index < -0.39 is 24.2 Å². The molecule has 5 heteroatoms. The van der Waals surface area contributed by atoms with Gasteiger partial charge in [-0.15, -0.1) is 0 Å². The van der Waals surface area contributed by atoms with Crippen LogP contribution in [0.15, 0.2) is 24.3 Å². The van der Waals surface area contributed by atoms with Gasteiger partial charge in [-0.3, -0.25) is 0 Å². The van der Waals surface area contributed by atoms with E-state index in [9.17, 15) is 18.0 Å². The maximum Gasteiger partial charge on any atom is 0.393 e. The average Bonchev–Trinajstić information content (AvgIpc) is 2.13. The summed E-state index contributed by atoms with van der Waals surface area (Å²) in [6, 6.07) is 5.25. The minimum Gasteiger partial charge on any atom is -0.456 e. The second-order valence-corrected chi connectivity index (χ2v) is 4.99. The van der Waals surface area contributed by atoms with Crippen LogP contribution in [0.25, 0.3) is 0 Å². The zero-order valence-corrected chi connectivity index (χ0v) is 10.5. The Bertz CT molecular complexity index is 413. The molecule has 1 aromatic carbocycles. The van der Waals surface area contributed by atoms with Gasteiger partial charge >= 0.3 is 12.1 Å². The van der Waals surface area contributed by atoms with Gasteiger partial charge in [0.25, 0.3) is 0 Å². The van der Waals surface area contributed by atoms with Crippen molar-refractivity contribution in [1.82, 2.24) is 0 Å². The maximum absolute atomic E-state index is 12.1. The monoisotopic (exact) mass is 260 g/mol. The predicted octanol–water partition coefficient (Wildman–Crippen LogP) is 3.75. The number of rotatable bonds is 2. The fourth-order valence-corrected chi connectivity index (χ4v) is 1.33. The molecule has 0 heterocycles. The molecule has 0 unspecified atom stereocenters. The van der Waals surface area contributed by atoms with Crippen LogP contribution in [0.5, 0.6) is 0 Å².